The van der Waals surface area contributed by atoms with Crippen LogP contribution in [0, 0.1) is 5.92 Å². The summed E-state index contributed by atoms with van der Waals surface area (Å²) in [5.74, 6) is 1.36. The Morgan fingerprint density at radius 3 is 2.42 bits per heavy atom. The lowest BCUT2D eigenvalue weighted by molar-refractivity contribution is -0.904. The number of nitrogens with one attached hydrogen (secondary N) is 1. The molecule has 3 aromatic rings. The Morgan fingerprint density at radius 1 is 0.939 bits per heavy atom. The highest BCUT2D eigenvalue weighted by Gasteiger charge is 2.37. The van der Waals surface area contributed by atoms with Crippen LogP contribution in [0.15, 0.2) is 83.9 Å². The average molecular weight is 441 g/mol. The van der Waals surface area contributed by atoms with Crippen LogP contribution in [0.1, 0.15) is 24.0 Å². The van der Waals surface area contributed by atoms with Crippen molar-refractivity contribution in [3.8, 4) is 5.75 Å². The minimum Gasteiger partial charge on any atom is -0.494 e. The van der Waals surface area contributed by atoms with E-state index in [2.05, 4.69) is 30.3 Å². The first kappa shape index (κ1) is 21.4. The zero-order chi connectivity index (χ0) is 22.6. The molecule has 168 valence electrons. The number of carbonyl (C=O) groups is 1. The number of para-hydroxylation sites is 3. The van der Waals surface area contributed by atoms with Crippen LogP contribution in [-0.2, 0) is 11.2 Å². The van der Waals surface area contributed by atoms with Crippen molar-refractivity contribution < 1.29 is 14.4 Å². The number of aliphatic imine (C=N–C) groups is 1. The molecule has 5 nitrogen and oxygen atoms in total. The minimum atomic E-state index is -0.0268. The van der Waals surface area contributed by atoms with Gasteiger partial charge >= 0.3 is 0 Å². The second-order valence-corrected chi connectivity index (χ2v) is 8.92. The van der Waals surface area contributed by atoms with Crippen molar-refractivity contribution >= 4 is 23.0 Å². The van der Waals surface area contributed by atoms with E-state index in [1.807, 2.05) is 53.4 Å². The lowest BCUT2D eigenvalue weighted by Crippen LogP contribution is -3.14. The molecule has 5 rings (SSSR count). The molecule has 1 fully saturated rings. The second kappa shape index (κ2) is 9.59. The number of piperidine rings is 1. The first-order valence-electron chi connectivity index (χ1n) is 11.7. The summed E-state index contributed by atoms with van der Waals surface area (Å²) in [7, 11) is 1.63. The number of carbonyl (C=O) groups excluding carboxylic acids is 1. The molecular formula is C28H30N3O2+. The zero-order valence-corrected chi connectivity index (χ0v) is 19.0. The van der Waals surface area contributed by atoms with E-state index in [1.54, 1.807) is 7.11 Å². The third-order valence-electron chi connectivity index (χ3n) is 6.78. The molecule has 0 radical (unpaired) electrons. The summed E-state index contributed by atoms with van der Waals surface area (Å²) in [5.41, 5.74) is 4.44. The number of hydrogen-bond donors (Lipinski definition) is 1. The van der Waals surface area contributed by atoms with Crippen molar-refractivity contribution in [3.63, 3.8) is 0 Å². The zero-order valence-electron chi connectivity index (χ0n) is 19.0. The summed E-state index contributed by atoms with van der Waals surface area (Å²) < 4.78 is 5.44. The second-order valence-electron chi connectivity index (χ2n) is 8.92. The fourth-order valence-electron chi connectivity index (χ4n) is 4.99. The SMILES string of the molecule is COc1ccccc1N=C1C(=O)N(C[NH+]2CCC(Cc3ccccc3)CC2)c2ccccc21. The van der Waals surface area contributed by atoms with Crippen LogP contribution in [0.25, 0.3) is 0 Å². The van der Waals surface area contributed by atoms with Crippen molar-refractivity contribution in [1.29, 1.82) is 0 Å². The van der Waals surface area contributed by atoms with Gasteiger partial charge in [-0.25, -0.2) is 4.99 Å². The first-order chi connectivity index (χ1) is 16.2. The number of amides is 1. The van der Waals surface area contributed by atoms with E-state index in [4.69, 9.17) is 9.73 Å². The number of hydrogen-bond acceptors (Lipinski definition) is 3. The molecule has 0 saturated carbocycles. The van der Waals surface area contributed by atoms with E-state index >= 15 is 0 Å². The van der Waals surface area contributed by atoms with Gasteiger partial charge in [0.1, 0.15) is 17.1 Å². The Hall–Kier alpha value is -3.44. The smallest absolute Gasteiger partial charge is 0.281 e. The molecule has 0 atom stereocenters. The Balaban J connectivity index is 1.30. The van der Waals surface area contributed by atoms with Crippen molar-refractivity contribution in [2.45, 2.75) is 19.3 Å². The number of anilines is 1. The lowest BCUT2D eigenvalue weighted by atomic mass is 9.90. The van der Waals surface area contributed by atoms with Gasteiger partial charge in [0.25, 0.3) is 5.91 Å². The quantitative estimate of drug-likeness (QED) is 0.636. The van der Waals surface area contributed by atoms with Crippen molar-refractivity contribution in [3.05, 3.63) is 90.0 Å². The van der Waals surface area contributed by atoms with Crippen LogP contribution >= 0.6 is 0 Å². The number of ether oxygens (including phenoxy) is 1. The molecule has 0 spiro atoms. The van der Waals surface area contributed by atoms with Crippen molar-refractivity contribution in [2.75, 3.05) is 31.8 Å². The molecule has 2 heterocycles. The number of likely N-dealkylation sites (tertiary alicyclic amines) is 1. The van der Waals surface area contributed by atoms with Gasteiger partial charge in [0.2, 0.25) is 0 Å². The molecule has 2 aliphatic heterocycles. The fraction of sp³-hybridized carbons (Fsp3) is 0.286. The highest BCUT2D eigenvalue weighted by atomic mass is 16.5. The maximum atomic E-state index is 13.5. The predicted molar refractivity (Wildman–Crippen MR) is 132 cm³/mol. The van der Waals surface area contributed by atoms with E-state index in [1.165, 1.54) is 23.3 Å². The van der Waals surface area contributed by atoms with Gasteiger partial charge < -0.3 is 9.64 Å². The molecule has 1 N–H and O–H groups in total. The number of methoxy groups -OCH3 is 1. The summed E-state index contributed by atoms with van der Waals surface area (Å²) in [6, 6.07) is 26.3. The van der Waals surface area contributed by atoms with Crippen LogP contribution in [0.2, 0.25) is 0 Å². The van der Waals surface area contributed by atoms with E-state index < -0.39 is 0 Å². The van der Waals surface area contributed by atoms with Gasteiger partial charge in [-0.1, -0.05) is 60.7 Å². The first-order valence-corrected chi connectivity index (χ1v) is 11.7. The molecule has 0 bridgehead atoms. The topological polar surface area (TPSA) is 46.3 Å². The number of quaternary nitrogens is 1. The molecule has 5 heteroatoms. The van der Waals surface area contributed by atoms with Crippen molar-refractivity contribution in [2.24, 2.45) is 10.9 Å². The number of fused-ring (bicyclic) bond motifs is 1. The number of rotatable bonds is 6. The van der Waals surface area contributed by atoms with Gasteiger partial charge in [0, 0.05) is 5.56 Å². The predicted octanol–water partition coefficient (Wildman–Crippen LogP) is 3.66. The monoisotopic (exact) mass is 440 g/mol. The largest absolute Gasteiger partial charge is 0.494 e. The van der Waals surface area contributed by atoms with Crippen LogP contribution in [0.5, 0.6) is 5.75 Å². The highest BCUT2D eigenvalue weighted by molar-refractivity contribution is 6.54. The summed E-state index contributed by atoms with van der Waals surface area (Å²) in [6.07, 6.45) is 3.53. The lowest BCUT2D eigenvalue weighted by Gasteiger charge is -2.32. The van der Waals surface area contributed by atoms with Gasteiger partial charge in [-0.3, -0.25) is 9.69 Å². The fourth-order valence-corrected chi connectivity index (χ4v) is 4.99. The normalized spacial score (nSPS) is 21.3. The Labute approximate surface area is 195 Å². The van der Waals surface area contributed by atoms with Crippen LogP contribution in [0.3, 0.4) is 0 Å². The highest BCUT2D eigenvalue weighted by Crippen LogP contribution is 2.33. The molecule has 2 aliphatic rings. The minimum absolute atomic E-state index is 0.0268. The molecule has 1 saturated heterocycles. The molecule has 1 amide bonds. The summed E-state index contributed by atoms with van der Waals surface area (Å²) in [5, 5.41) is 0. The van der Waals surface area contributed by atoms with Crippen LogP contribution in [0.4, 0.5) is 11.4 Å². The Bertz CT molecular complexity index is 1150. The van der Waals surface area contributed by atoms with Gasteiger partial charge in [-0.05, 0) is 48.9 Å². The average Bonchev–Trinajstić information content (AvgIpc) is 3.12. The van der Waals surface area contributed by atoms with Gasteiger partial charge in [0.05, 0.1) is 25.9 Å². The third kappa shape index (κ3) is 4.55. The third-order valence-corrected chi connectivity index (χ3v) is 6.78. The Morgan fingerprint density at radius 2 is 1.64 bits per heavy atom. The van der Waals surface area contributed by atoms with Gasteiger partial charge in [0.15, 0.2) is 6.67 Å². The van der Waals surface area contributed by atoms with Gasteiger partial charge in [-0.15, -0.1) is 0 Å². The summed E-state index contributed by atoms with van der Waals surface area (Å²) in [4.78, 5) is 21.6. The summed E-state index contributed by atoms with van der Waals surface area (Å²) >= 11 is 0. The summed E-state index contributed by atoms with van der Waals surface area (Å²) in [6.45, 7) is 2.85. The standard InChI is InChI=1S/C28H29N3O2/c1-33-26-14-8-6-12-24(26)29-27-23-11-5-7-13-25(23)31(28(27)32)20-30-17-15-22(16-18-30)19-21-9-3-2-4-10-21/h2-14,22H,15-20H2,1H3/p+1. The van der Waals surface area contributed by atoms with E-state index in [0.29, 0.717) is 23.8 Å². The molecule has 33 heavy (non-hydrogen) atoms. The molecule has 3 aromatic carbocycles. The van der Waals surface area contributed by atoms with E-state index in [0.717, 1.165) is 36.7 Å². The van der Waals surface area contributed by atoms with Crippen molar-refractivity contribution in [1.82, 2.24) is 0 Å². The molecule has 0 aliphatic carbocycles. The molecule has 0 unspecified atom stereocenters. The molecular weight excluding hydrogens is 410 g/mol. The van der Waals surface area contributed by atoms with E-state index in [-0.39, 0.29) is 5.91 Å². The number of nitrogens with zero attached hydrogens (tertiary/aromatic N) is 2. The van der Waals surface area contributed by atoms with E-state index in [9.17, 15) is 4.79 Å². The Kier molecular flexibility index (Phi) is 6.22. The van der Waals surface area contributed by atoms with Crippen LogP contribution < -0.4 is 14.5 Å². The maximum absolute atomic E-state index is 13.5. The van der Waals surface area contributed by atoms with Crippen LogP contribution in [-0.4, -0.2) is 38.5 Å². The van der Waals surface area contributed by atoms with Gasteiger partial charge in [-0.2, -0.15) is 0 Å². The number of benzene rings is 3. The maximum Gasteiger partial charge on any atom is 0.281 e. The molecule has 0 aromatic heterocycles.